The van der Waals surface area contributed by atoms with Crippen molar-refractivity contribution in [1.82, 2.24) is 0 Å². The van der Waals surface area contributed by atoms with E-state index in [4.69, 9.17) is 16.3 Å². The average Bonchev–Trinajstić information content (AvgIpc) is 2.46. The average molecular weight is 331 g/mol. The molecule has 0 aromatic heterocycles. The predicted molar refractivity (Wildman–Crippen MR) is 79.2 cm³/mol. The molecule has 6 N–H and O–H groups in total. The van der Waals surface area contributed by atoms with Crippen LogP contribution in [0.1, 0.15) is 12.8 Å². The number of rotatable bonds is 9. The van der Waals surface area contributed by atoms with E-state index in [1.54, 1.807) is 23.5 Å². The van der Waals surface area contributed by atoms with Crippen molar-refractivity contribution in [3.05, 3.63) is 23.2 Å². The first-order chi connectivity index (χ1) is 10.5. The molecular weight excluding hydrogens is 310 g/mol. The van der Waals surface area contributed by atoms with Gasteiger partial charge in [-0.05, 0) is 18.2 Å². The fraction of sp³-hybridized carbons (Fsp3) is 0.429. The van der Waals surface area contributed by atoms with Gasteiger partial charge in [0.25, 0.3) is 0 Å². The third kappa shape index (κ3) is 5.88. The summed E-state index contributed by atoms with van der Waals surface area (Å²) in [6, 6.07) is 3.86. The lowest BCUT2D eigenvalue weighted by Gasteiger charge is -2.16. The number of aliphatic carboxylic acids is 1. The van der Waals surface area contributed by atoms with Crippen LogP contribution in [-0.4, -0.2) is 38.1 Å². The zero-order valence-electron chi connectivity index (χ0n) is 12.4. The number of carboxylic acid groups (broad SMARTS) is 1. The first-order valence-corrected chi connectivity index (χ1v) is 7.32. The second-order valence-corrected chi connectivity index (χ2v) is 5.19. The lowest BCUT2D eigenvalue weighted by Crippen LogP contribution is -2.93. The number of benzene rings is 1. The number of quaternary nitrogens is 2. The summed E-state index contributed by atoms with van der Waals surface area (Å²) < 4.78 is 5.12. The fourth-order valence-corrected chi connectivity index (χ4v) is 2.08. The van der Waals surface area contributed by atoms with Crippen molar-refractivity contribution in [1.29, 1.82) is 0 Å². The molecule has 0 unspecified atom stereocenters. The van der Waals surface area contributed by atoms with Gasteiger partial charge in [-0.25, -0.2) is 0 Å². The molecule has 22 heavy (non-hydrogen) atoms. The number of hydrogen-bond acceptors (Lipinski definition) is 4. The van der Waals surface area contributed by atoms with Crippen molar-refractivity contribution < 1.29 is 30.5 Å². The van der Waals surface area contributed by atoms with Crippen molar-refractivity contribution in [3.8, 4) is 5.75 Å². The zero-order valence-corrected chi connectivity index (χ0v) is 13.2. The molecule has 0 aliphatic heterocycles. The van der Waals surface area contributed by atoms with Crippen LogP contribution in [0.3, 0.4) is 0 Å². The van der Waals surface area contributed by atoms with Crippen LogP contribution >= 0.6 is 11.6 Å². The molecule has 1 aromatic rings. The van der Waals surface area contributed by atoms with E-state index in [9.17, 15) is 14.7 Å². The number of carbonyl (C=O) groups is 2. The SMILES string of the molecule is COc1ccc(Cl)cc1NC(=O)C[C@H]([NH2+]CCC[NH3+])C(=O)[O-]. The number of hydrogen-bond donors (Lipinski definition) is 3. The molecule has 122 valence electrons. The van der Waals surface area contributed by atoms with E-state index in [0.29, 0.717) is 29.5 Å². The largest absolute Gasteiger partial charge is 0.544 e. The van der Waals surface area contributed by atoms with Gasteiger partial charge in [0.2, 0.25) is 5.91 Å². The molecule has 0 aliphatic carbocycles. The molecule has 0 bridgehead atoms. The first-order valence-electron chi connectivity index (χ1n) is 6.94. The van der Waals surface area contributed by atoms with Crippen LogP contribution in [0.15, 0.2) is 18.2 Å². The van der Waals surface area contributed by atoms with E-state index in [2.05, 4.69) is 11.1 Å². The Bertz CT molecular complexity index is 525. The van der Waals surface area contributed by atoms with Crippen molar-refractivity contribution in [2.45, 2.75) is 18.9 Å². The van der Waals surface area contributed by atoms with E-state index in [0.717, 1.165) is 6.42 Å². The van der Waals surface area contributed by atoms with Crippen LogP contribution in [0, 0.1) is 0 Å². The smallest absolute Gasteiger partial charge is 0.230 e. The highest BCUT2D eigenvalue weighted by atomic mass is 35.5. The van der Waals surface area contributed by atoms with Crippen LogP contribution in [-0.2, 0) is 9.59 Å². The van der Waals surface area contributed by atoms with Gasteiger partial charge in [0.05, 0.1) is 38.3 Å². The van der Waals surface area contributed by atoms with Gasteiger partial charge in [0, 0.05) is 11.4 Å². The number of anilines is 1. The molecule has 1 aromatic carbocycles. The third-order valence-electron chi connectivity index (χ3n) is 3.05. The molecule has 0 saturated heterocycles. The van der Waals surface area contributed by atoms with E-state index >= 15 is 0 Å². The minimum absolute atomic E-state index is 0.199. The highest BCUT2D eigenvalue weighted by Gasteiger charge is 2.19. The van der Waals surface area contributed by atoms with E-state index in [1.165, 1.54) is 7.11 Å². The quantitative estimate of drug-likeness (QED) is 0.453. The van der Waals surface area contributed by atoms with E-state index in [-0.39, 0.29) is 6.42 Å². The van der Waals surface area contributed by atoms with Gasteiger partial charge in [-0.2, -0.15) is 0 Å². The second-order valence-electron chi connectivity index (χ2n) is 4.75. The van der Waals surface area contributed by atoms with Gasteiger partial charge in [-0.3, -0.25) is 4.79 Å². The predicted octanol–water partition coefficient (Wildman–Crippen LogP) is -2.01. The summed E-state index contributed by atoms with van der Waals surface area (Å²) in [5.74, 6) is -1.26. The van der Waals surface area contributed by atoms with Crippen molar-refractivity contribution >= 4 is 29.2 Å². The Hall–Kier alpha value is -1.83. The number of ether oxygens (including phenoxy) is 1. The Balaban J connectivity index is 2.67. The number of nitrogens with two attached hydrogens (primary N) is 1. The molecule has 1 amide bonds. The minimum atomic E-state index is -1.27. The Morgan fingerprint density at radius 2 is 2.23 bits per heavy atom. The van der Waals surface area contributed by atoms with E-state index < -0.39 is 17.9 Å². The van der Waals surface area contributed by atoms with Crippen LogP contribution in [0.25, 0.3) is 0 Å². The molecule has 0 radical (unpaired) electrons. The normalized spacial score (nSPS) is 11.8. The summed E-state index contributed by atoms with van der Waals surface area (Å²) in [4.78, 5) is 23.1. The summed E-state index contributed by atoms with van der Waals surface area (Å²) in [5.41, 5.74) is 4.08. The first kappa shape index (κ1) is 18.2. The molecule has 8 heteroatoms. The van der Waals surface area contributed by atoms with Crippen molar-refractivity contribution in [2.24, 2.45) is 0 Å². The van der Waals surface area contributed by atoms with Gasteiger partial charge in [-0.15, -0.1) is 0 Å². The number of halogens is 1. The van der Waals surface area contributed by atoms with Crippen molar-refractivity contribution in [2.75, 3.05) is 25.5 Å². The number of amides is 1. The van der Waals surface area contributed by atoms with Crippen LogP contribution in [0.2, 0.25) is 5.02 Å². The maximum Gasteiger partial charge on any atom is 0.230 e. The standard InChI is InChI=1S/C14H20ClN3O4/c1-22-12-4-3-9(15)7-10(12)18-13(19)8-11(14(20)21)17-6-2-5-16/h3-4,7,11,17H,2,5-6,8,16H2,1H3,(H,18,19)(H,20,21)/p+1/t11-/m0/s1. The fourth-order valence-electron chi connectivity index (χ4n) is 1.91. The molecule has 0 spiro atoms. The van der Waals surface area contributed by atoms with Crippen LogP contribution < -0.4 is 26.2 Å². The highest BCUT2D eigenvalue weighted by Crippen LogP contribution is 2.27. The Labute approximate surface area is 133 Å². The highest BCUT2D eigenvalue weighted by molar-refractivity contribution is 6.31. The molecule has 0 fully saturated rings. The van der Waals surface area contributed by atoms with Gasteiger partial charge >= 0.3 is 0 Å². The number of carbonyl (C=O) groups excluding carboxylic acids is 2. The third-order valence-corrected chi connectivity index (χ3v) is 3.28. The topological polar surface area (TPSA) is 123 Å². The molecule has 0 aliphatic rings. The van der Waals surface area contributed by atoms with Gasteiger partial charge in [-0.1, -0.05) is 11.6 Å². The minimum Gasteiger partial charge on any atom is -0.544 e. The summed E-state index contributed by atoms with van der Waals surface area (Å²) in [6.07, 6.45) is 0.572. The Kier molecular flexibility index (Phi) is 7.65. The number of methoxy groups -OCH3 is 1. The van der Waals surface area contributed by atoms with Gasteiger partial charge in [0.15, 0.2) is 0 Å². The molecule has 1 atom stereocenters. The summed E-state index contributed by atoms with van der Waals surface area (Å²) in [7, 11) is 1.47. The zero-order chi connectivity index (χ0) is 16.5. The summed E-state index contributed by atoms with van der Waals surface area (Å²) in [5, 5.41) is 15.7. The van der Waals surface area contributed by atoms with Crippen LogP contribution in [0.5, 0.6) is 5.75 Å². The number of nitrogens with one attached hydrogen (secondary N) is 1. The Morgan fingerprint density at radius 3 is 2.82 bits per heavy atom. The molecular formula is C14H21ClN3O4+. The van der Waals surface area contributed by atoms with Gasteiger partial charge < -0.3 is 31.0 Å². The van der Waals surface area contributed by atoms with Crippen molar-refractivity contribution in [3.63, 3.8) is 0 Å². The molecule has 7 nitrogen and oxygen atoms in total. The molecule has 0 saturated carbocycles. The second kappa shape index (κ2) is 9.24. The van der Waals surface area contributed by atoms with Crippen LogP contribution in [0.4, 0.5) is 5.69 Å². The van der Waals surface area contributed by atoms with E-state index in [1.807, 2.05) is 0 Å². The maximum atomic E-state index is 12.0. The Morgan fingerprint density at radius 1 is 1.50 bits per heavy atom. The number of carboxylic acids is 1. The molecule has 1 rings (SSSR count). The monoisotopic (exact) mass is 330 g/mol. The summed E-state index contributed by atoms with van der Waals surface area (Å²) >= 11 is 5.87. The molecule has 0 heterocycles. The lowest BCUT2D eigenvalue weighted by molar-refractivity contribution is -0.684. The lowest BCUT2D eigenvalue weighted by atomic mass is 10.2. The summed E-state index contributed by atoms with van der Waals surface area (Å²) in [6.45, 7) is 1.29. The maximum absolute atomic E-state index is 12.0. The van der Waals surface area contributed by atoms with Gasteiger partial charge in [0.1, 0.15) is 11.8 Å².